The highest BCUT2D eigenvalue weighted by molar-refractivity contribution is 7.22. The van der Waals surface area contributed by atoms with Crippen molar-refractivity contribution in [3.05, 3.63) is 56.4 Å². The molecule has 3 aromatic rings. The third kappa shape index (κ3) is 2.82. The zero-order valence-corrected chi connectivity index (χ0v) is 12.4. The van der Waals surface area contributed by atoms with E-state index in [0.29, 0.717) is 10.8 Å². The minimum Gasteiger partial charge on any atom is -0.311 e. The predicted molar refractivity (Wildman–Crippen MR) is 84.4 cm³/mol. The molecular formula is C14H12N4O3S. The molecule has 0 fully saturated rings. The maximum Gasteiger partial charge on any atom is 0.325 e. The van der Waals surface area contributed by atoms with Crippen LogP contribution in [0.4, 0.5) is 5.13 Å². The Bertz CT molecular complexity index is 937. The molecule has 2 aromatic heterocycles. The van der Waals surface area contributed by atoms with Crippen molar-refractivity contribution in [2.24, 2.45) is 0 Å². The van der Waals surface area contributed by atoms with E-state index in [0.717, 1.165) is 10.2 Å². The van der Waals surface area contributed by atoms with Gasteiger partial charge >= 0.3 is 5.69 Å². The molecule has 0 radical (unpaired) electrons. The van der Waals surface area contributed by atoms with E-state index in [1.54, 1.807) is 6.92 Å². The summed E-state index contributed by atoms with van der Waals surface area (Å²) in [6.07, 6.45) is -0.131. The number of aromatic amines is 2. The summed E-state index contributed by atoms with van der Waals surface area (Å²) in [6.45, 7) is 1.58. The molecular weight excluding hydrogens is 304 g/mol. The maximum atomic E-state index is 12.1. The van der Waals surface area contributed by atoms with Gasteiger partial charge in [-0.15, -0.1) is 0 Å². The second kappa shape index (κ2) is 5.57. The Morgan fingerprint density at radius 3 is 2.77 bits per heavy atom. The first kappa shape index (κ1) is 14.2. The number of benzene rings is 1. The van der Waals surface area contributed by atoms with Gasteiger partial charge in [-0.25, -0.2) is 9.78 Å². The van der Waals surface area contributed by atoms with E-state index in [2.05, 4.69) is 20.3 Å². The first-order chi connectivity index (χ1) is 10.5. The van der Waals surface area contributed by atoms with Crippen molar-refractivity contribution in [3.8, 4) is 0 Å². The van der Waals surface area contributed by atoms with Gasteiger partial charge in [-0.1, -0.05) is 23.5 Å². The minimum absolute atomic E-state index is 0.131. The van der Waals surface area contributed by atoms with Crippen LogP contribution >= 0.6 is 11.3 Å². The van der Waals surface area contributed by atoms with Crippen LogP contribution in [0.25, 0.3) is 10.2 Å². The molecule has 0 saturated heterocycles. The standard InChI is InChI=1S/C14H12N4O3S/c1-7-8(12(20)18-13(21)15-7)6-11(19)17-14-16-9-4-2-3-5-10(9)22-14/h2-5H,6H2,1H3,(H,16,17,19)(H2,15,18,20,21). The second-order valence-corrected chi connectivity index (χ2v) is 5.75. The maximum absolute atomic E-state index is 12.1. The number of aromatic nitrogens is 3. The van der Waals surface area contributed by atoms with E-state index in [1.165, 1.54) is 11.3 Å². The van der Waals surface area contributed by atoms with Crippen molar-refractivity contribution < 1.29 is 4.79 Å². The topological polar surface area (TPSA) is 108 Å². The highest BCUT2D eigenvalue weighted by atomic mass is 32.1. The lowest BCUT2D eigenvalue weighted by Crippen LogP contribution is -2.29. The van der Waals surface area contributed by atoms with E-state index >= 15 is 0 Å². The molecule has 0 aliphatic heterocycles. The smallest absolute Gasteiger partial charge is 0.311 e. The van der Waals surface area contributed by atoms with E-state index in [9.17, 15) is 14.4 Å². The van der Waals surface area contributed by atoms with Gasteiger partial charge in [0.2, 0.25) is 5.91 Å². The van der Waals surface area contributed by atoms with Gasteiger partial charge in [0.05, 0.1) is 16.6 Å². The molecule has 3 rings (SSSR count). The number of fused-ring (bicyclic) bond motifs is 1. The van der Waals surface area contributed by atoms with Crippen LogP contribution in [0, 0.1) is 6.92 Å². The van der Waals surface area contributed by atoms with Crippen LogP contribution in [-0.2, 0) is 11.2 Å². The monoisotopic (exact) mass is 316 g/mol. The fraction of sp³-hybridized carbons (Fsp3) is 0.143. The number of hydrogen-bond acceptors (Lipinski definition) is 5. The largest absolute Gasteiger partial charge is 0.325 e. The summed E-state index contributed by atoms with van der Waals surface area (Å²) in [5.74, 6) is -0.361. The van der Waals surface area contributed by atoms with Gasteiger partial charge in [-0.05, 0) is 19.1 Å². The average molecular weight is 316 g/mol. The quantitative estimate of drug-likeness (QED) is 0.674. The molecule has 0 bridgehead atoms. The van der Waals surface area contributed by atoms with Crippen LogP contribution in [0.3, 0.4) is 0 Å². The van der Waals surface area contributed by atoms with E-state index in [-0.39, 0.29) is 17.9 Å². The Balaban J connectivity index is 1.81. The predicted octanol–water partition coefficient (Wildman–Crippen LogP) is 1.16. The number of rotatable bonds is 3. The van der Waals surface area contributed by atoms with Crippen LogP contribution < -0.4 is 16.6 Å². The van der Waals surface area contributed by atoms with Gasteiger partial charge in [0.15, 0.2) is 5.13 Å². The molecule has 2 heterocycles. The summed E-state index contributed by atoms with van der Waals surface area (Å²) in [7, 11) is 0. The molecule has 8 heteroatoms. The second-order valence-electron chi connectivity index (χ2n) is 4.72. The highest BCUT2D eigenvalue weighted by Crippen LogP contribution is 2.25. The first-order valence-corrected chi connectivity index (χ1v) is 7.32. The Hall–Kier alpha value is -2.74. The first-order valence-electron chi connectivity index (χ1n) is 6.50. The number of hydrogen-bond donors (Lipinski definition) is 3. The minimum atomic E-state index is -0.585. The molecule has 1 aromatic carbocycles. The molecule has 0 atom stereocenters. The lowest BCUT2D eigenvalue weighted by atomic mass is 10.1. The summed E-state index contributed by atoms with van der Waals surface area (Å²) in [5, 5.41) is 3.15. The molecule has 22 heavy (non-hydrogen) atoms. The van der Waals surface area contributed by atoms with E-state index < -0.39 is 11.2 Å². The molecule has 0 spiro atoms. The summed E-state index contributed by atoms with van der Waals surface area (Å²) < 4.78 is 0.968. The summed E-state index contributed by atoms with van der Waals surface area (Å²) in [6, 6.07) is 7.55. The zero-order valence-electron chi connectivity index (χ0n) is 11.6. The zero-order chi connectivity index (χ0) is 15.7. The molecule has 3 N–H and O–H groups in total. The number of H-pyrrole nitrogens is 2. The third-order valence-corrected chi connectivity index (χ3v) is 4.08. The number of anilines is 1. The molecule has 1 amide bonds. The molecule has 0 aliphatic carbocycles. The number of nitrogens with one attached hydrogen (secondary N) is 3. The Morgan fingerprint density at radius 2 is 2.05 bits per heavy atom. The summed E-state index contributed by atoms with van der Waals surface area (Å²) >= 11 is 1.36. The van der Waals surface area contributed by atoms with Crippen molar-refractivity contribution in [2.75, 3.05) is 5.32 Å². The van der Waals surface area contributed by atoms with Crippen molar-refractivity contribution in [1.82, 2.24) is 15.0 Å². The van der Waals surface area contributed by atoms with Gasteiger partial charge in [0.1, 0.15) is 0 Å². The fourth-order valence-corrected chi connectivity index (χ4v) is 2.97. The molecule has 0 saturated carbocycles. The number of amides is 1. The SMILES string of the molecule is Cc1[nH]c(=O)[nH]c(=O)c1CC(=O)Nc1nc2ccccc2s1. The number of carbonyl (C=O) groups is 1. The lowest BCUT2D eigenvalue weighted by molar-refractivity contribution is -0.115. The van der Waals surface area contributed by atoms with Crippen LogP contribution in [0.1, 0.15) is 11.3 Å². The number of thiazole rings is 1. The fourth-order valence-electron chi connectivity index (χ4n) is 2.09. The van der Waals surface area contributed by atoms with Gasteiger partial charge < -0.3 is 10.3 Å². The van der Waals surface area contributed by atoms with E-state index in [1.807, 2.05) is 24.3 Å². The van der Waals surface area contributed by atoms with Gasteiger partial charge in [-0.2, -0.15) is 0 Å². The highest BCUT2D eigenvalue weighted by Gasteiger charge is 2.13. The van der Waals surface area contributed by atoms with Gasteiger partial charge in [0, 0.05) is 11.3 Å². The molecule has 112 valence electrons. The van der Waals surface area contributed by atoms with Crippen molar-refractivity contribution in [1.29, 1.82) is 0 Å². The lowest BCUT2D eigenvalue weighted by Gasteiger charge is -2.03. The number of aryl methyl sites for hydroxylation is 1. The Labute approximate surface area is 128 Å². The van der Waals surface area contributed by atoms with Crippen LogP contribution in [0.2, 0.25) is 0 Å². The number of para-hydroxylation sites is 1. The number of carbonyl (C=O) groups excluding carboxylic acids is 1. The van der Waals surface area contributed by atoms with E-state index in [4.69, 9.17) is 0 Å². The Morgan fingerprint density at radius 1 is 1.27 bits per heavy atom. The van der Waals surface area contributed by atoms with Crippen LogP contribution in [0.5, 0.6) is 0 Å². The van der Waals surface area contributed by atoms with Crippen molar-refractivity contribution >= 4 is 32.6 Å². The van der Waals surface area contributed by atoms with Crippen molar-refractivity contribution in [2.45, 2.75) is 13.3 Å². The van der Waals surface area contributed by atoms with Crippen molar-refractivity contribution in [3.63, 3.8) is 0 Å². The Kier molecular flexibility index (Phi) is 3.60. The van der Waals surface area contributed by atoms with Gasteiger partial charge in [0.25, 0.3) is 5.56 Å². The average Bonchev–Trinajstić information content (AvgIpc) is 2.84. The van der Waals surface area contributed by atoms with Crippen LogP contribution in [-0.4, -0.2) is 20.9 Å². The molecule has 7 nitrogen and oxygen atoms in total. The molecule has 0 unspecified atom stereocenters. The van der Waals surface area contributed by atoms with Crippen LogP contribution in [0.15, 0.2) is 33.9 Å². The number of nitrogens with zero attached hydrogens (tertiary/aromatic N) is 1. The third-order valence-electron chi connectivity index (χ3n) is 3.13. The molecule has 0 aliphatic rings. The summed E-state index contributed by atoms with van der Waals surface area (Å²) in [5.41, 5.74) is 0.283. The summed E-state index contributed by atoms with van der Waals surface area (Å²) in [4.78, 5) is 43.8. The van der Waals surface area contributed by atoms with Gasteiger partial charge in [-0.3, -0.25) is 14.6 Å². The normalized spacial score (nSPS) is 10.8.